The normalized spacial score (nSPS) is 23.5. The Hall–Kier alpha value is 0.143. The van der Waals surface area contributed by atoms with Gasteiger partial charge >= 0.3 is 227 Å². The second-order valence-electron chi connectivity index (χ2n) is 8.49. The Morgan fingerprint density at radius 2 is 0.784 bits per heavy atom. The van der Waals surface area contributed by atoms with Crippen molar-refractivity contribution >= 4 is 50.5 Å². The first-order valence-electron chi connectivity index (χ1n) is 11.7. The van der Waals surface area contributed by atoms with Crippen molar-refractivity contribution in [3.05, 3.63) is 144 Å². The zero-order valence-electron chi connectivity index (χ0n) is 19.7. The predicted molar refractivity (Wildman–Crippen MR) is 164 cm³/mol. The molecule has 0 aliphatic carbocycles. The molecule has 4 atom stereocenters. The Kier molecular flexibility index (Phi) is 11.9. The van der Waals surface area contributed by atoms with E-state index in [4.69, 9.17) is 0 Å². The van der Waals surface area contributed by atoms with E-state index in [1.165, 1.54) is 11.1 Å². The van der Waals surface area contributed by atoms with Crippen molar-refractivity contribution in [2.75, 3.05) is 0 Å². The molecule has 0 bridgehead atoms. The first kappa shape index (κ1) is 30.1. The Labute approximate surface area is 250 Å². The van der Waals surface area contributed by atoms with E-state index >= 15 is 0 Å². The molecule has 0 fully saturated rings. The maximum absolute atomic E-state index is 2.41. The summed E-state index contributed by atoms with van der Waals surface area (Å²) in [4.78, 5) is 0. The van der Waals surface area contributed by atoms with Crippen molar-refractivity contribution in [2.45, 2.75) is 11.3 Å². The van der Waals surface area contributed by atoms with Gasteiger partial charge in [0.25, 0.3) is 0 Å². The second-order valence-corrected chi connectivity index (χ2v) is 42.5. The fourth-order valence-corrected chi connectivity index (χ4v) is 90.5. The summed E-state index contributed by atoms with van der Waals surface area (Å²) in [6, 6.07) is 45.6. The molecule has 0 radical (unpaired) electrons. The van der Waals surface area contributed by atoms with Gasteiger partial charge in [0.1, 0.15) is 0 Å². The fraction of sp³-hybridized carbons (Fsp3) is 0.0714. The van der Waals surface area contributed by atoms with Crippen LogP contribution in [-0.4, -0.2) is 10.6 Å². The molecule has 9 heteroatoms. The number of benzene rings is 4. The molecule has 2 heterocycles. The summed E-state index contributed by atoms with van der Waals surface area (Å²) in [5.41, 5.74) is 7.50. The molecule has 0 amide bonds. The molecule has 4 unspecified atom stereocenters. The molecule has 0 spiro atoms. The topological polar surface area (TPSA) is 0 Å². The van der Waals surface area contributed by atoms with Gasteiger partial charge in [-0.15, -0.1) is 0 Å². The van der Waals surface area contributed by atoms with Crippen LogP contribution < -0.4 is 24.8 Å². The van der Waals surface area contributed by atoms with Crippen LogP contribution in [-0.2, 0) is 22.1 Å². The van der Waals surface area contributed by atoms with E-state index in [9.17, 15) is 0 Å². The third-order valence-electron chi connectivity index (χ3n) is 6.29. The molecule has 4 aromatic rings. The number of rotatable bonds is 6. The summed E-state index contributed by atoms with van der Waals surface area (Å²) in [7, 11) is 6.67. The van der Waals surface area contributed by atoms with Crippen molar-refractivity contribution in [1.82, 2.24) is 0 Å². The fourth-order valence-electron chi connectivity index (χ4n) is 4.62. The van der Waals surface area contributed by atoms with Crippen LogP contribution in [0, 0.1) is 0 Å². The summed E-state index contributed by atoms with van der Waals surface area (Å²) in [6.07, 6.45) is 0. The van der Waals surface area contributed by atoms with Gasteiger partial charge in [-0.1, -0.05) is 0 Å². The van der Waals surface area contributed by atoms with E-state index in [0.29, 0.717) is 11.3 Å². The Bertz CT molecular complexity index is 1350. The van der Waals surface area contributed by atoms with E-state index in [1.807, 2.05) is 0 Å². The Morgan fingerprint density at radius 1 is 0.459 bits per heavy atom. The summed E-state index contributed by atoms with van der Waals surface area (Å²) in [6.45, 7) is 0. The van der Waals surface area contributed by atoms with Gasteiger partial charge in [0.2, 0.25) is 0 Å². The molecular formula is C28H24Cl2P6Zr. The molecule has 2 aliphatic rings. The standard InChI is InChI=1S/2C14H11P3.2ClH.Zr/c2*1-3-7-11(8-4-1)13-14(16-17-15-13)12-9-5-2-6-10-12;;;/h2*1-10,13H;2*1H;. The van der Waals surface area contributed by atoms with Gasteiger partial charge in [-0.2, -0.15) is 0 Å². The predicted octanol–water partition coefficient (Wildman–Crippen LogP) is 4.73. The summed E-state index contributed by atoms with van der Waals surface area (Å²) in [5, 5.41) is 3.40. The molecule has 6 rings (SSSR count). The van der Waals surface area contributed by atoms with Gasteiger partial charge < -0.3 is 24.8 Å². The van der Waals surface area contributed by atoms with Gasteiger partial charge in [0.15, 0.2) is 0 Å². The van der Waals surface area contributed by atoms with Crippen molar-refractivity contribution in [2.24, 2.45) is 0 Å². The van der Waals surface area contributed by atoms with Gasteiger partial charge in [0, 0.05) is 0 Å². The molecule has 0 saturated heterocycles. The average molecular weight is 708 g/mol. The second kappa shape index (κ2) is 14.7. The van der Waals surface area contributed by atoms with Crippen LogP contribution in [0.2, 0.25) is 0 Å². The molecular weight excluding hydrogens is 684 g/mol. The van der Waals surface area contributed by atoms with E-state index < -0.39 is 31.1 Å². The quantitative estimate of drug-likeness (QED) is 0.255. The monoisotopic (exact) mass is 706 g/mol. The maximum atomic E-state index is 2.41. The molecule has 37 heavy (non-hydrogen) atoms. The van der Waals surface area contributed by atoms with Crippen LogP contribution in [0.1, 0.15) is 33.6 Å². The van der Waals surface area contributed by atoms with Crippen molar-refractivity contribution < 1.29 is 46.9 Å². The van der Waals surface area contributed by atoms with Crippen LogP contribution >= 0.6 is 39.9 Å². The van der Waals surface area contributed by atoms with E-state index in [0.717, 1.165) is 0 Å². The van der Waals surface area contributed by atoms with Gasteiger partial charge in [-0.05, 0) is 0 Å². The zero-order valence-corrected chi connectivity index (χ0v) is 29.3. The molecule has 184 valence electrons. The van der Waals surface area contributed by atoms with Gasteiger partial charge in [-0.3, -0.25) is 0 Å². The third kappa shape index (κ3) is 6.90. The Morgan fingerprint density at radius 3 is 1.14 bits per heavy atom. The van der Waals surface area contributed by atoms with E-state index in [-0.39, 0.29) is 24.8 Å². The van der Waals surface area contributed by atoms with Crippen LogP contribution in [0.4, 0.5) is 0 Å². The average Bonchev–Trinajstić information content (AvgIpc) is 3.55. The zero-order chi connectivity index (χ0) is 23.5. The van der Waals surface area contributed by atoms with Crippen LogP contribution in [0.15, 0.2) is 121 Å². The first-order valence-corrected chi connectivity index (χ1v) is 28.9. The molecule has 0 N–H and O–H groups in total. The van der Waals surface area contributed by atoms with Crippen LogP contribution in [0.5, 0.6) is 0 Å². The van der Waals surface area contributed by atoms with Crippen molar-refractivity contribution in [1.29, 1.82) is 0 Å². The molecule has 2 aliphatic heterocycles. The summed E-state index contributed by atoms with van der Waals surface area (Å²) in [5.74, 6) is 0. The van der Waals surface area contributed by atoms with Crippen LogP contribution in [0.3, 0.4) is 0 Å². The minimum absolute atomic E-state index is 0. The molecule has 4 aromatic carbocycles. The first-order chi connectivity index (χ1) is 17.4. The number of hydrogen-bond donors (Lipinski definition) is 0. The van der Waals surface area contributed by atoms with Crippen LogP contribution in [0.25, 0.3) is 0 Å². The molecule has 0 aromatic heterocycles. The van der Waals surface area contributed by atoms with Gasteiger partial charge in [0.05, 0.1) is 0 Å². The van der Waals surface area contributed by atoms with E-state index in [2.05, 4.69) is 121 Å². The van der Waals surface area contributed by atoms with Crippen molar-refractivity contribution in [3.8, 4) is 0 Å². The van der Waals surface area contributed by atoms with Gasteiger partial charge in [-0.25, -0.2) is 0 Å². The van der Waals surface area contributed by atoms with E-state index in [1.54, 1.807) is 52.6 Å². The minimum atomic E-state index is -0.534. The number of hydrogen-bond acceptors (Lipinski definition) is 0. The third-order valence-corrected chi connectivity index (χ3v) is 64.4. The molecule has 0 saturated carbocycles. The molecule has 0 nitrogen and oxygen atoms in total. The Balaban J connectivity index is 0.00000160. The summed E-state index contributed by atoms with van der Waals surface area (Å²) >= 11 is -0.534. The number of halogens is 2. The van der Waals surface area contributed by atoms with Crippen molar-refractivity contribution in [3.63, 3.8) is 0 Å². The summed E-state index contributed by atoms with van der Waals surface area (Å²) < 4.78 is -0.824. The SMILES string of the molecule is [Cl-].[Cl-].c1ccc(C2=PP=[PH]([Zr+2][PH]3=PP=C(c4ccccc4)C3c3ccccc3)C2c2ccccc2)cc1.